The zero-order chi connectivity index (χ0) is 12.1. The van der Waals surface area contributed by atoms with Crippen LogP contribution >= 0.6 is 0 Å². The van der Waals surface area contributed by atoms with Gasteiger partial charge in [-0.2, -0.15) is 0 Å². The van der Waals surface area contributed by atoms with Crippen LogP contribution in [-0.4, -0.2) is 24.5 Å². The molecule has 0 bridgehead atoms. The summed E-state index contributed by atoms with van der Waals surface area (Å²) in [5.41, 5.74) is 0.852. The van der Waals surface area contributed by atoms with Gasteiger partial charge in [0.15, 0.2) is 0 Å². The number of esters is 2. The molecule has 1 N–H and O–H groups in total. The van der Waals surface area contributed by atoms with Crippen LogP contribution in [0.25, 0.3) is 0 Å². The Bertz CT molecular complexity index is 408. The second-order valence-electron chi connectivity index (χ2n) is 4.10. The molecule has 1 saturated heterocycles. The van der Waals surface area contributed by atoms with Gasteiger partial charge < -0.3 is 11.5 Å². The molecule has 4 nitrogen and oxygen atoms in total. The smallest absolute Gasteiger partial charge is 1.00 e. The molecule has 0 aromatic heterocycles. The van der Waals surface area contributed by atoms with Crippen molar-refractivity contribution in [3.05, 3.63) is 35.9 Å². The van der Waals surface area contributed by atoms with Crippen molar-refractivity contribution in [2.45, 2.75) is 25.3 Å². The summed E-state index contributed by atoms with van der Waals surface area (Å²) >= 11 is 0. The van der Waals surface area contributed by atoms with E-state index >= 15 is 0 Å². The van der Waals surface area contributed by atoms with E-state index < -0.39 is 11.9 Å². The van der Waals surface area contributed by atoms with Gasteiger partial charge in [0.2, 0.25) is 0 Å². The number of hydrogen-bond donors (Lipinski definition) is 1. The zero-order valence-electron chi connectivity index (χ0n) is 11.5. The summed E-state index contributed by atoms with van der Waals surface area (Å²) < 4.78 is 4.80. The molecule has 5 heteroatoms. The van der Waals surface area contributed by atoms with Gasteiger partial charge in [-0.1, -0.05) is 30.3 Å². The topological polar surface area (TPSA) is 55.4 Å². The van der Waals surface area contributed by atoms with Crippen molar-refractivity contribution in [3.63, 3.8) is 0 Å². The SMILES string of the molecule is O=C(Cc1ccccc1)OC(=O)[C@@H]1CCCN1.[H-].[Na+]. The molecule has 0 aliphatic carbocycles. The van der Waals surface area contributed by atoms with Crippen molar-refractivity contribution >= 4 is 11.9 Å². The molecule has 1 aliphatic rings. The van der Waals surface area contributed by atoms with Crippen molar-refractivity contribution in [1.29, 1.82) is 0 Å². The normalized spacial score (nSPS) is 17.9. The fraction of sp³-hybridized carbons (Fsp3) is 0.385. The summed E-state index contributed by atoms with van der Waals surface area (Å²) in [5, 5.41) is 3.00. The zero-order valence-corrected chi connectivity index (χ0v) is 12.5. The molecular weight excluding hydrogens is 241 g/mol. The first kappa shape index (κ1) is 15.4. The van der Waals surface area contributed by atoms with E-state index in [2.05, 4.69) is 5.32 Å². The second kappa shape index (κ2) is 7.69. The number of ether oxygens (including phenoxy) is 1. The van der Waals surface area contributed by atoms with Gasteiger partial charge in [0, 0.05) is 0 Å². The van der Waals surface area contributed by atoms with Crippen molar-refractivity contribution < 1.29 is 45.3 Å². The van der Waals surface area contributed by atoms with Crippen LogP contribution in [0.5, 0.6) is 0 Å². The summed E-state index contributed by atoms with van der Waals surface area (Å²) in [6.07, 6.45) is 1.84. The molecule has 0 saturated carbocycles. The van der Waals surface area contributed by atoms with Crippen molar-refractivity contribution in [1.82, 2.24) is 5.32 Å². The number of nitrogens with one attached hydrogen (secondary N) is 1. The second-order valence-corrected chi connectivity index (χ2v) is 4.10. The molecule has 1 aromatic rings. The third-order valence-electron chi connectivity index (χ3n) is 2.75. The molecule has 0 amide bonds. The number of rotatable bonds is 3. The molecule has 92 valence electrons. The minimum absolute atomic E-state index is 0. The fourth-order valence-corrected chi connectivity index (χ4v) is 1.87. The maximum atomic E-state index is 11.5. The van der Waals surface area contributed by atoms with Gasteiger partial charge >= 0.3 is 41.5 Å². The van der Waals surface area contributed by atoms with E-state index in [9.17, 15) is 9.59 Å². The van der Waals surface area contributed by atoms with Gasteiger partial charge in [0.25, 0.3) is 0 Å². The summed E-state index contributed by atoms with van der Waals surface area (Å²) in [4.78, 5) is 23.0. The standard InChI is InChI=1S/C13H15NO3.Na.H/c15-12(9-10-5-2-1-3-6-10)17-13(16)11-7-4-8-14-11;;/h1-3,5-6,11,14H,4,7-9H2;;/q;+1;-1/t11-;;/m0../s1. The average molecular weight is 257 g/mol. The third kappa shape index (κ3) is 4.53. The van der Waals surface area contributed by atoms with Crippen LogP contribution in [0, 0.1) is 0 Å². The maximum absolute atomic E-state index is 11.5. The molecule has 1 aliphatic heterocycles. The molecular formula is C13H16NNaO3. The summed E-state index contributed by atoms with van der Waals surface area (Å²) in [7, 11) is 0. The Morgan fingerprint density at radius 2 is 2.06 bits per heavy atom. The number of benzene rings is 1. The first-order chi connectivity index (χ1) is 8.25. The fourth-order valence-electron chi connectivity index (χ4n) is 1.87. The minimum atomic E-state index is -0.491. The first-order valence-electron chi connectivity index (χ1n) is 5.77. The van der Waals surface area contributed by atoms with E-state index in [1.54, 1.807) is 0 Å². The van der Waals surface area contributed by atoms with Crippen LogP contribution in [0.2, 0.25) is 0 Å². The maximum Gasteiger partial charge on any atom is 1.00 e. The van der Waals surface area contributed by atoms with Crippen LogP contribution in [0.4, 0.5) is 0 Å². The largest absolute Gasteiger partial charge is 1.00 e. The van der Waals surface area contributed by atoms with Crippen molar-refractivity contribution in [2.24, 2.45) is 0 Å². The molecule has 2 rings (SSSR count). The van der Waals surface area contributed by atoms with E-state index in [1.807, 2.05) is 30.3 Å². The molecule has 0 spiro atoms. The van der Waals surface area contributed by atoms with Crippen LogP contribution in [-0.2, 0) is 20.7 Å². The predicted octanol–water partition coefficient (Wildman–Crippen LogP) is -1.83. The van der Waals surface area contributed by atoms with Gasteiger partial charge in [-0.05, 0) is 24.9 Å². The summed E-state index contributed by atoms with van der Waals surface area (Å²) in [6, 6.07) is 8.93. The number of hydrogen-bond acceptors (Lipinski definition) is 4. The van der Waals surface area contributed by atoms with Crippen LogP contribution in [0.3, 0.4) is 0 Å². The average Bonchev–Trinajstić information content (AvgIpc) is 2.83. The Hall–Kier alpha value is -0.680. The Morgan fingerprint density at radius 3 is 2.67 bits per heavy atom. The number of carbonyl (C=O) groups excluding carboxylic acids is 2. The molecule has 1 atom stereocenters. The van der Waals surface area contributed by atoms with Crippen LogP contribution < -0.4 is 34.9 Å². The minimum Gasteiger partial charge on any atom is -1.00 e. The molecule has 1 aromatic carbocycles. The van der Waals surface area contributed by atoms with E-state index in [-0.39, 0.29) is 43.4 Å². The van der Waals surface area contributed by atoms with Crippen LogP contribution in [0.15, 0.2) is 30.3 Å². The van der Waals surface area contributed by atoms with Gasteiger partial charge in [-0.3, -0.25) is 4.79 Å². The predicted molar refractivity (Wildman–Crippen MR) is 63.4 cm³/mol. The monoisotopic (exact) mass is 257 g/mol. The first-order valence-corrected chi connectivity index (χ1v) is 5.77. The quantitative estimate of drug-likeness (QED) is 0.393. The van der Waals surface area contributed by atoms with E-state index in [0.29, 0.717) is 0 Å². The van der Waals surface area contributed by atoms with Gasteiger partial charge in [0.1, 0.15) is 6.04 Å². The third-order valence-corrected chi connectivity index (χ3v) is 2.75. The number of carbonyl (C=O) groups is 2. The molecule has 1 heterocycles. The van der Waals surface area contributed by atoms with E-state index in [0.717, 1.165) is 24.9 Å². The Labute approximate surface area is 130 Å². The summed E-state index contributed by atoms with van der Waals surface area (Å²) in [5.74, 6) is -0.946. The Kier molecular flexibility index (Phi) is 6.57. The van der Waals surface area contributed by atoms with Gasteiger partial charge in [-0.25, -0.2) is 4.79 Å². The molecule has 0 unspecified atom stereocenters. The van der Waals surface area contributed by atoms with Crippen molar-refractivity contribution in [3.8, 4) is 0 Å². The Morgan fingerprint density at radius 1 is 1.33 bits per heavy atom. The molecule has 18 heavy (non-hydrogen) atoms. The molecule has 1 fully saturated rings. The summed E-state index contributed by atoms with van der Waals surface area (Å²) in [6.45, 7) is 0.812. The van der Waals surface area contributed by atoms with E-state index in [1.165, 1.54) is 0 Å². The van der Waals surface area contributed by atoms with E-state index in [4.69, 9.17) is 4.74 Å². The van der Waals surface area contributed by atoms with Crippen molar-refractivity contribution in [2.75, 3.05) is 6.54 Å². The van der Waals surface area contributed by atoms with Gasteiger partial charge in [0.05, 0.1) is 6.42 Å². The van der Waals surface area contributed by atoms with Crippen LogP contribution in [0.1, 0.15) is 19.8 Å². The van der Waals surface area contributed by atoms with Gasteiger partial charge in [-0.15, -0.1) is 0 Å². The Balaban J connectivity index is 0.00000162. The molecule has 0 radical (unpaired) electrons.